The summed E-state index contributed by atoms with van der Waals surface area (Å²) in [5, 5.41) is 8.24. The molecule has 0 amide bonds. The van der Waals surface area contributed by atoms with E-state index in [1.54, 1.807) is 0 Å². The lowest BCUT2D eigenvalue weighted by Crippen LogP contribution is -2.19. The van der Waals surface area contributed by atoms with Gasteiger partial charge in [0.2, 0.25) is 6.79 Å². The zero-order chi connectivity index (χ0) is 15.1. The zero-order valence-electron chi connectivity index (χ0n) is 10.6. The molecule has 10 nitrogen and oxygen atoms in total. The van der Waals surface area contributed by atoms with Crippen molar-refractivity contribution in [2.75, 3.05) is 46.4 Å². The second-order valence-electron chi connectivity index (χ2n) is 3.04. The van der Waals surface area contributed by atoms with Gasteiger partial charge in [0.25, 0.3) is 6.47 Å². The van der Waals surface area contributed by atoms with Crippen LogP contribution in [0.3, 0.4) is 0 Å². The molecule has 0 heterocycles. The average Bonchev–Trinajstić information content (AvgIpc) is 2.42. The van der Waals surface area contributed by atoms with E-state index in [1.807, 2.05) is 0 Å². The number of carbonyl (C=O) groups excluding carboxylic acids is 2. The third-order valence-electron chi connectivity index (χ3n) is 1.53. The van der Waals surface area contributed by atoms with Gasteiger partial charge >= 0.3 is 11.9 Å². The van der Waals surface area contributed by atoms with Gasteiger partial charge in [-0.1, -0.05) is 0 Å². The topological polar surface area (TPSA) is 127 Å². The predicted molar refractivity (Wildman–Crippen MR) is 59.3 cm³/mol. The van der Waals surface area contributed by atoms with E-state index in [9.17, 15) is 14.4 Å². The Morgan fingerprint density at radius 1 is 0.950 bits per heavy atom. The molecule has 0 spiro atoms. The normalized spacial score (nSPS) is 10.0. The first-order chi connectivity index (χ1) is 9.66. The molecule has 0 saturated heterocycles. The summed E-state index contributed by atoms with van der Waals surface area (Å²) in [6, 6.07) is 0. The Morgan fingerprint density at radius 3 is 2.35 bits per heavy atom. The molecule has 20 heavy (non-hydrogen) atoms. The third kappa shape index (κ3) is 14.3. The Morgan fingerprint density at radius 2 is 1.65 bits per heavy atom. The van der Waals surface area contributed by atoms with Crippen LogP contribution < -0.4 is 0 Å². The van der Waals surface area contributed by atoms with Crippen molar-refractivity contribution in [3.05, 3.63) is 0 Å². The van der Waals surface area contributed by atoms with Gasteiger partial charge in [-0.25, -0.2) is 14.5 Å². The van der Waals surface area contributed by atoms with Crippen LogP contribution in [0.1, 0.15) is 0 Å². The van der Waals surface area contributed by atoms with E-state index in [-0.39, 0.29) is 46.3 Å². The van der Waals surface area contributed by atoms with Gasteiger partial charge in [-0.05, 0) is 0 Å². The molecule has 0 atom stereocenters. The molecule has 0 radical (unpaired) electrons. The standard InChI is InChI=1S/C10H16O10/c11-7-17-8-20-19-4-3-15-1-2-16-6-10(14)18-5-9(12)13/h7H,1-6,8H2,(H,12,13). The van der Waals surface area contributed by atoms with E-state index in [2.05, 4.69) is 19.2 Å². The highest BCUT2D eigenvalue weighted by Gasteiger charge is 2.05. The molecule has 116 valence electrons. The molecule has 0 aromatic heterocycles. The largest absolute Gasteiger partial charge is 0.479 e. The minimum Gasteiger partial charge on any atom is -0.479 e. The maximum atomic E-state index is 10.9. The maximum Gasteiger partial charge on any atom is 0.341 e. The highest BCUT2D eigenvalue weighted by atomic mass is 17.2. The number of esters is 1. The number of ether oxygens (including phenoxy) is 4. The van der Waals surface area contributed by atoms with E-state index in [1.165, 1.54) is 0 Å². The predicted octanol–water partition coefficient (Wildman–Crippen LogP) is -1.27. The fourth-order valence-corrected chi connectivity index (χ4v) is 0.801. The van der Waals surface area contributed by atoms with Crippen LogP contribution >= 0.6 is 0 Å². The number of hydrogen-bond donors (Lipinski definition) is 1. The van der Waals surface area contributed by atoms with Crippen LogP contribution in [0.15, 0.2) is 0 Å². The molecule has 0 fully saturated rings. The van der Waals surface area contributed by atoms with Crippen molar-refractivity contribution >= 4 is 18.4 Å². The summed E-state index contributed by atoms with van der Waals surface area (Å²) >= 11 is 0. The maximum absolute atomic E-state index is 10.9. The van der Waals surface area contributed by atoms with Crippen molar-refractivity contribution in [1.82, 2.24) is 0 Å². The van der Waals surface area contributed by atoms with Gasteiger partial charge in [-0.3, -0.25) is 4.79 Å². The molecule has 0 unspecified atom stereocenters. The van der Waals surface area contributed by atoms with E-state index in [0.29, 0.717) is 0 Å². The zero-order valence-corrected chi connectivity index (χ0v) is 10.6. The molecule has 0 aliphatic rings. The summed E-state index contributed by atoms with van der Waals surface area (Å²) in [4.78, 5) is 39.6. The quantitative estimate of drug-likeness (QED) is 0.103. The lowest BCUT2D eigenvalue weighted by Gasteiger charge is -2.06. The first-order valence-electron chi connectivity index (χ1n) is 5.49. The lowest BCUT2D eigenvalue weighted by atomic mass is 10.6. The SMILES string of the molecule is O=COCOOCCOCCOCC(=O)OCC(=O)O. The first kappa shape index (κ1) is 18.2. The van der Waals surface area contributed by atoms with Crippen LogP contribution in [0.25, 0.3) is 0 Å². The highest BCUT2D eigenvalue weighted by molar-refractivity contribution is 5.75. The van der Waals surface area contributed by atoms with Crippen LogP contribution in [-0.2, 0) is 43.1 Å². The van der Waals surface area contributed by atoms with Gasteiger partial charge in [0.05, 0.1) is 19.8 Å². The van der Waals surface area contributed by atoms with E-state index < -0.39 is 18.5 Å². The van der Waals surface area contributed by atoms with Crippen molar-refractivity contribution in [2.45, 2.75) is 0 Å². The van der Waals surface area contributed by atoms with Crippen LogP contribution in [-0.4, -0.2) is 70.0 Å². The van der Waals surface area contributed by atoms with Gasteiger partial charge in [0.15, 0.2) is 6.61 Å². The Labute approximate surface area is 114 Å². The average molecular weight is 296 g/mol. The summed E-state index contributed by atoms with van der Waals surface area (Å²) in [6.45, 7) is -0.429. The Hall–Kier alpha value is -1.75. The molecule has 1 N–H and O–H groups in total. The summed E-state index contributed by atoms with van der Waals surface area (Å²) < 4.78 is 18.4. The van der Waals surface area contributed by atoms with Crippen molar-refractivity contribution in [3.63, 3.8) is 0 Å². The first-order valence-corrected chi connectivity index (χ1v) is 5.49. The summed E-state index contributed by atoms with van der Waals surface area (Å²) in [6.07, 6.45) is 0. The van der Waals surface area contributed by atoms with Crippen molar-refractivity contribution in [1.29, 1.82) is 0 Å². The van der Waals surface area contributed by atoms with Crippen LogP contribution in [0.5, 0.6) is 0 Å². The Balaban J connectivity index is 3.14. The van der Waals surface area contributed by atoms with Crippen molar-refractivity contribution in [3.8, 4) is 0 Å². The molecular weight excluding hydrogens is 280 g/mol. The molecule has 0 bridgehead atoms. The lowest BCUT2D eigenvalue weighted by molar-refractivity contribution is -0.331. The van der Waals surface area contributed by atoms with Gasteiger partial charge in [-0.2, -0.15) is 4.89 Å². The Bertz CT molecular complexity index is 279. The van der Waals surface area contributed by atoms with Crippen LogP contribution in [0, 0.1) is 0 Å². The number of rotatable bonds is 14. The number of carboxylic acids is 1. The second kappa shape index (κ2) is 13.7. The number of carboxylic acid groups (broad SMARTS) is 1. The van der Waals surface area contributed by atoms with Gasteiger partial charge in [-0.15, -0.1) is 0 Å². The molecular formula is C10H16O10. The van der Waals surface area contributed by atoms with Crippen LogP contribution in [0.4, 0.5) is 0 Å². The number of carbonyl (C=O) groups is 3. The number of hydrogen-bond acceptors (Lipinski definition) is 9. The second-order valence-corrected chi connectivity index (χ2v) is 3.04. The number of aliphatic carboxylic acids is 1. The molecule has 0 aromatic rings. The fourth-order valence-electron chi connectivity index (χ4n) is 0.801. The van der Waals surface area contributed by atoms with Crippen molar-refractivity contribution in [2.24, 2.45) is 0 Å². The van der Waals surface area contributed by atoms with E-state index in [0.717, 1.165) is 0 Å². The van der Waals surface area contributed by atoms with E-state index in [4.69, 9.17) is 14.6 Å². The van der Waals surface area contributed by atoms with Crippen LogP contribution in [0.2, 0.25) is 0 Å². The highest BCUT2D eigenvalue weighted by Crippen LogP contribution is 1.85. The fraction of sp³-hybridized carbons (Fsp3) is 0.700. The molecule has 0 aliphatic carbocycles. The molecule has 0 aliphatic heterocycles. The minimum atomic E-state index is -1.23. The summed E-state index contributed by atoms with van der Waals surface area (Å²) in [5.41, 5.74) is 0. The van der Waals surface area contributed by atoms with Gasteiger partial charge in [0, 0.05) is 0 Å². The summed E-state index contributed by atoms with van der Waals surface area (Å²) in [5.74, 6) is -2.00. The minimum absolute atomic E-state index is 0.128. The molecule has 0 aromatic carbocycles. The molecule has 0 rings (SSSR count). The third-order valence-corrected chi connectivity index (χ3v) is 1.53. The molecule has 0 saturated carbocycles. The monoisotopic (exact) mass is 296 g/mol. The van der Waals surface area contributed by atoms with Gasteiger partial charge in [0.1, 0.15) is 13.2 Å². The van der Waals surface area contributed by atoms with E-state index >= 15 is 0 Å². The van der Waals surface area contributed by atoms with Gasteiger partial charge < -0.3 is 24.1 Å². The summed E-state index contributed by atoms with van der Waals surface area (Å²) in [7, 11) is 0. The molecule has 10 heteroatoms. The van der Waals surface area contributed by atoms with Crippen molar-refractivity contribution < 1.29 is 48.2 Å². The smallest absolute Gasteiger partial charge is 0.341 e. The Kier molecular flexibility index (Phi) is 12.5.